The standard InChI is InChI=1S/C6H10N2O8.2H2O/c9-3-1(7(13)14)4(10)6(12)2(5(3)11)8(15)16;;/h1-6,9-12H;2*1H2/t1?,2?,3-,4-,5+,6+;;. The molecule has 0 saturated heterocycles. The van der Waals surface area contributed by atoms with Crippen LogP contribution in [0.25, 0.3) is 0 Å². The van der Waals surface area contributed by atoms with E-state index in [0.717, 1.165) is 0 Å². The summed E-state index contributed by atoms with van der Waals surface area (Å²) in [5, 5.41) is 57.9. The zero-order valence-corrected chi connectivity index (χ0v) is 8.78. The molecule has 0 aromatic rings. The lowest BCUT2D eigenvalue weighted by atomic mass is 9.82. The number of hydrogen-bond donors (Lipinski definition) is 4. The molecule has 8 N–H and O–H groups in total. The van der Waals surface area contributed by atoms with Gasteiger partial charge in [0.1, 0.15) is 0 Å². The zero-order chi connectivity index (χ0) is 12.6. The van der Waals surface area contributed by atoms with E-state index in [9.17, 15) is 40.7 Å². The summed E-state index contributed by atoms with van der Waals surface area (Å²) in [6, 6.07) is -4.11. The highest BCUT2D eigenvalue weighted by molar-refractivity contribution is 4.99. The molecule has 0 aromatic carbocycles. The van der Waals surface area contributed by atoms with Crippen molar-refractivity contribution in [2.75, 3.05) is 0 Å². The molecule has 0 bridgehead atoms. The Morgan fingerprint density at radius 3 is 0.944 bits per heavy atom. The maximum Gasteiger partial charge on any atom is 0.269 e. The normalized spacial score (nSPS) is 39.1. The van der Waals surface area contributed by atoms with E-state index in [1.165, 1.54) is 0 Å². The Morgan fingerprint density at radius 1 is 0.667 bits per heavy atom. The van der Waals surface area contributed by atoms with Crippen molar-refractivity contribution < 1.29 is 41.2 Å². The first-order valence-electron chi connectivity index (χ1n) is 4.28. The van der Waals surface area contributed by atoms with Crippen molar-refractivity contribution in [2.45, 2.75) is 36.5 Å². The summed E-state index contributed by atoms with van der Waals surface area (Å²) in [4.78, 5) is 18.7. The minimum atomic E-state index is -2.11. The number of hydrogen-bond acceptors (Lipinski definition) is 8. The van der Waals surface area contributed by atoms with Gasteiger partial charge in [-0.2, -0.15) is 0 Å². The largest absolute Gasteiger partial charge is 0.412 e. The highest BCUT2D eigenvalue weighted by Gasteiger charge is 2.60. The predicted molar refractivity (Wildman–Crippen MR) is 52.8 cm³/mol. The Labute approximate surface area is 99.0 Å². The fraction of sp³-hybridized carbons (Fsp3) is 1.00. The van der Waals surface area contributed by atoms with E-state index in [-0.39, 0.29) is 11.0 Å². The molecule has 1 rings (SSSR count). The van der Waals surface area contributed by atoms with Gasteiger partial charge in [-0.15, -0.1) is 0 Å². The minimum absolute atomic E-state index is 0. The van der Waals surface area contributed by atoms with Crippen molar-refractivity contribution in [2.24, 2.45) is 0 Å². The molecule has 1 saturated carbocycles. The molecule has 0 radical (unpaired) electrons. The molecule has 0 heterocycles. The van der Waals surface area contributed by atoms with Gasteiger partial charge in [0.15, 0.2) is 24.4 Å². The highest BCUT2D eigenvalue weighted by atomic mass is 16.6. The molecule has 0 aliphatic heterocycles. The monoisotopic (exact) mass is 274 g/mol. The third-order valence-electron chi connectivity index (χ3n) is 2.59. The molecule has 12 heteroatoms. The Bertz CT molecular complexity index is 265. The molecule has 0 aromatic heterocycles. The van der Waals surface area contributed by atoms with Crippen LogP contribution in [0.3, 0.4) is 0 Å². The Hall–Kier alpha value is -1.44. The molecule has 108 valence electrons. The van der Waals surface area contributed by atoms with Crippen LogP contribution in [-0.4, -0.2) is 77.7 Å². The number of aliphatic hydroxyl groups excluding tert-OH is 4. The maximum atomic E-state index is 10.4. The van der Waals surface area contributed by atoms with E-state index in [0.29, 0.717) is 0 Å². The summed E-state index contributed by atoms with van der Waals surface area (Å²) >= 11 is 0. The van der Waals surface area contributed by atoms with Gasteiger partial charge in [-0.25, -0.2) is 0 Å². The van der Waals surface area contributed by atoms with Crippen molar-refractivity contribution in [3.8, 4) is 0 Å². The van der Waals surface area contributed by atoms with Crippen LogP contribution in [0.1, 0.15) is 0 Å². The fourth-order valence-electron chi connectivity index (χ4n) is 1.71. The van der Waals surface area contributed by atoms with Crippen LogP contribution in [0, 0.1) is 20.2 Å². The van der Waals surface area contributed by atoms with Crippen molar-refractivity contribution in [3.63, 3.8) is 0 Å². The quantitative estimate of drug-likeness (QED) is 0.280. The maximum absolute atomic E-state index is 10.4. The van der Waals surface area contributed by atoms with Gasteiger partial charge in [-0.1, -0.05) is 0 Å². The van der Waals surface area contributed by atoms with E-state index in [2.05, 4.69) is 0 Å². The fourth-order valence-corrected chi connectivity index (χ4v) is 1.71. The summed E-state index contributed by atoms with van der Waals surface area (Å²) in [6.45, 7) is 0. The van der Waals surface area contributed by atoms with Gasteiger partial charge in [-0.3, -0.25) is 20.2 Å². The molecule has 12 nitrogen and oxygen atoms in total. The molecule has 0 unspecified atom stereocenters. The summed E-state index contributed by atoms with van der Waals surface area (Å²) in [5.41, 5.74) is 0. The second kappa shape index (κ2) is 6.48. The Morgan fingerprint density at radius 2 is 0.833 bits per heavy atom. The molecule has 18 heavy (non-hydrogen) atoms. The zero-order valence-electron chi connectivity index (χ0n) is 8.78. The molecule has 0 spiro atoms. The van der Waals surface area contributed by atoms with E-state index in [1.807, 2.05) is 0 Å². The summed E-state index contributed by atoms with van der Waals surface area (Å²) in [7, 11) is 0. The van der Waals surface area contributed by atoms with E-state index >= 15 is 0 Å². The van der Waals surface area contributed by atoms with Gasteiger partial charge < -0.3 is 31.4 Å². The van der Waals surface area contributed by atoms with Crippen LogP contribution in [0.5, 0.6) is 0 Å². The minimum Gasteiger partial charge on any atom is -0.412 e. The number of nitrogens with zero attached hydrogens (tertiary/aromatic N) is 2. The molecule has 4 atom stereocenters. The molecule has 0 amide bonds. The van der Waals surface area contributed by atoms with Gasteiger partial charge in [0, 0.05) is 9.85 Å². The van der Waals surface area contributed by atoms with Crippen molar-refractivity contribution in [1.82, 2.24) is 0 Å². The molecule has 1 aliphatic rings. The summed E-state index contributed by atoms with van der Waals surface area (Å²) in [6.07, 6.45) is -8.43. The highest BCUT2D eigenvalue weighted by Crippen LogP contribution is 2.24. The number of rotatable bonds is 2. The molecule has 1 aliphatic carbocycles. The first-order chi connectivity index (χ1) is 7.29. The van der Waals surface area contributed by atoms with E-state index < -0.39 is 46.3 Å². The predicted octanol–water partition coefficient (Wildman–Crippen LogP) is -4.92. The van der Waals surface area contributed by atoms with Gasteiger partial charge in [-0.05, 0) is 0 Å². The second-order valence-corrected chi connectivity index (χ2v) is 3.51. The first kappa shape index (κ1) is 18.9. The second-order valence-electron chi connectivity index (χ2n) is 3.51. The Balaban J connectivity index is 0. The third-order valence-corrected chi connectivity index (χ3v) is 2.59. The van der Waals surface area contributed by atoms with E-state index in [4.69, 9.17) is 0 Å². The van der Waals surface area contributed by atoms with Crippen molar-refractivity contribution in [3.05, 3.63) is 20.2 Å². The first-order valence-corrected chi connectivity index (χ1v) is 4.28. The van der Waals surface area contributed by atoms with Gasteiger partial charge in [0.2, 0.25) is 0 Å². The lowest BCUT2D eigenvalue weighted by Crippen LogP contribution is -2.67. The van der Waals surface area contributed by atoms with E-state index in [1.54, 1.807) is 0 Å². The lowest BCUT2D eigenvalue weighted by Gasteiger charge is -2.35. The summed E-state index contributed by atoms with van der Waals surface area (Å²) in [5.74, 6) is 0. The van der Waals surface area contributed by atoms with Gasteiger partial charge in [0.25, 0.3) is 12.1 Å². The number of nitro groups is 2. The van der Waals surface area contributed by atoms with Crippen LogP contribution < -0.4 is 0 Å². The van der Waals surface area contributed by atoms with Crippen LogP contribution in [-0.2, 0) is 0 Å². The molecular weight excluding hydrogens is 260 g/mol. The van der Waals surface area contributed by atoms with Gasteiger partial charge >= 0.3 is 0 Å². The average molecular weight is 274 g/mol. The van der Waals surface area contributed by atoms with Crippen LogP contribution >= 0.6 is 0 Å². The topological polar surface area (TPSA) is 230 Å². The SMILES string of the molecule is O.O.O=[N+]([O-])C1[C@@H](O)[C@@H](O)C([N+](=O)[O-])[C@H](O)[C@@H]1O. The van der Waals surface area contributed by atoms with Crippen LogP contribution in [0.2, 0.25) is 0 Å². The smallest absolute Gasteiger partial charge is 0.269 e. The van der Waals surface area contributed by atoms with Crippen molar-refractivity contribution in [1.29, 1.82) is 0 Å². The summed E-state index contributed by atoms with van der Waals surface area (Å²) < 4.78 is 0. The van der Waals surface area contributed by atoms with Gasteiger partial charge in [0.05, 0.1) is 0 Å². The molecular formula is C6H14N2O10. The number of aliphatic hydroxyl groups is 4. The molecule has 1 fully saturated rings. The average Bonchev–Trinajstić information content (AvgIpc) is 2.14. The lowest BCUT2D eigenvalue weighted by molar-refractivity contribution is -0.595. The third kappa shape index (κ3) is 2.87. The van der Waals surface area contributed by atoms with Crippen LogP contribution in [0.15, 0.2) is 0 Å². The van der Waals surface area contributed by atoms with Crippen LogP contribution in [0.4, 0.5) is 0 Å². The van der Waals surface area contributed by atoms with Crippen molar-refractivity contribution >= 4 is 0 Å². The Kier molecular flexibility index (Phi) is 6.81.